The molecule has 4 heteroatoms. The third kappa shape index (κ3) is 5.03. The average Bonchev–Trinajstić information content (AvgIpc) is 2.64. The van der Waals surface area contributed by atoms with Gasteiger partial charge in [-0.25, -0.2) is 4.39 Å². The lowest BCUT2D eigenvalue weighted by Gasteiger charge is -2.42. The van der Waals surface area contributed by atoms with E-state index in [0.29, 0.717) is 6.61 Å². The van der Waals surface area contributed by atoms with Gasteiger partial charge in [0, 0.05) is 32.4 Å². The summed E-state index contributed by atoms with van der Waals surface area (Å²) in [7, 11) is 1.75. The van der Waals surface area contributed by atoms with Gasteiger partial charge in [-0.05, 0) is 49.1 Å². The molecule has 1 aliphatic rings. The molecule has 2 aromatic carbocycles. The van der Waals surface area contributed by atoms with Crippen molar-refractivity contribution < 1.29 is 9.13 Å². The molecule has 0 spiro atoms. The lowest BCUT2D eigenvalue weighted by atomic mass is 9.87. The van der Waals surface area contributed by atoms with Crippen LogP contribution in [0.2, 0.25) is 0 Å². The standard InChI is InChI=1S/C21H27FN2O/c1-25-17-21(23-20-9-7-19(22)8-10-20)12-15-24(16-13-21)14-11-18-5-3-2-4-6-18/h2-10,23H,11-17H2,1H3. The van der Waals surface area contributed by atoms with E-state index in [1.165, 1.54) is 17.7 Å². The summed E-state index contributed by atoms with van der Waals surface area (Å²) in [4.78, 5) is 2.52. The van der Waals surface area contributed by atoms with E-state index < -0.39 is 0 Å². The number of likely N-dealkylation sites (tertiary alicyclic amines) is 1. The van der Waals surface area contributed by atoms with Crippen molar-refractivity contribution in [3.05, 3.63) is 66.0 Å². The Kier molecular flexibility index (Phi) is 6.05. The summed E-state index contributed by atoms with van der Waals surface area (Å²) in [6.45, 7) is 3.84. The molecule has 25 heavy (non-hydrogen) atoms. The fraction of sp³-hybridized carbons (Fsp3) is 0.429. The van der Waals surface area contributed by atoms with Gasteiger partial charge in [-0.1, -0.05) is 30.3 Å². The first-order valence-electron chi connectivity index (χ1n) is 8.98. The number of methoxy groups -OCH3 is 1. The predicted molar refractivity (Wildman–Crippen MR) is 100 cm³/mol. The third-order valence-corrected chi connectivity index (χ3v) is 5.05. The summed E-state index contributed by atoms with van der Waals surface area (Å²) < 4.78 is 18.6. The van der Waals surface area contributed by atoms with Crippen molar-refractivity contribution in [2.75, 3.05) is 38.7 Å². The Bertz CT molecular complexity index is 637. The van der Waals surface area contributed by atoms with Gasteiger partial charge in [0.05, 0.1) is 12.1 Å². The zero-order valence-corrected chi connectivity index (χ0v) is 14.9. The molecular weight excluding hydrogens is 315 g/mol. The second kappa shape index (κ2) is 8.45. The van der Waals surface area contributed by atoms with E-state index >= 15 is 0 Å². The van der Waals surface area contributed by atoms with E-state index in [2.05, 4.69) is 40.5 Å². The van der Waals surface area contributed by atoms with E-state index in [0.717, 1.165) is 44.6 Å². The number of ether oxygens (including phenoxy) is 1. The predicted octanol–water partition coefficient (Wildman–Crippen LogP) is 3.96. The van der Waals surface area contributed by atoms with E-state index in [-0.39, 0.29) is 11.4 Å². The Balaban J connectivity index is 1.55. The molecule has 1 fully saturated rings. The third-order valence-electron chi connectivity index (χ3n) is 5.05. The number of benzene rings is 2. The molecule has 0 unspecified atom stereocenters. The lowest BCUT2D eigenvalue weighted by molar-refractivity contribution is 0.0891. The van der Waals surface area contributed by atoms with Gasteiger partial charge in [-0.2, -0.15) is 0 Å². The highest BCUT2D eigenvalue weighted by atomic mass is 19.1. The number of anilines is 1. The molecule has 0 amide bonds. The molecule has 1 heterocycles. The van der Waals surface area contributed by atoms with Gasteiger partial charge in [0.2, 0.25) is 0 Å². The van der Waals surface area contributed by atoms with Crippen LogP contribution in [-0.2, 0) is 11.2 Å². The molecule has 0 radical (unpaired) electrons. The van der Waals surface area contributed by atoms with Crippen molar-refractivity contribution in [1.82, 2.24) is 4.90 Å². The van der Waals surface area contributed by atoms with E-state index in [9.17, 15) is 4.39 Å². The van der Waals surface area contributed by atoms with Gasteiger partial charge in [0.25, 0.3) is 0 Å². The monoisotopic (exact) mass is 342 g/mol. The molecular formula is C21H27FN2O. The highest BCUT2D eigenvalue weighted by Gasteiger charge is 2.34. The van der Waals surface area contributed by atoms with Crippen molar-refractivity contribution in [1.29, 1.82) is 0 Å². The first-order chi connectivity index (χ1) is 12.2. The first-order valence-corrected chi connectivity index (χ1v) is 8.98. The molecule has 0 saturated carbocycles. The Morgan fingerprint density at radius 3 is 2.36 bits per heavy atom. The minimum atomic E-state index is -0.206. The fourth-order valence-corrected chi connectivity index (χ4v) is 3.56. The van der Waals surface area contributed by atoms with E-state index in [1.807, 2.05) is 0 Å². The van der Waals surface area contributed by atoms with Crippen LogP contribution in [0.5, 0.6) is 0 Å². The topological polar surface area (TPSA) is 24.5 Å². The molecule has 3 rings (SSSR count). The number of nitrogens with zero attached hydrogens (tertiary/aromatic N) is 1. The second-order valence-corrected chi connectivity index (χ2v) is 6.92. The average molecular weight is 342 g/mol. The van der Waals surface area contributed by atoms with Crippen molar-refractivity contribution >= 4 is 5.69 Å². The zero-order valence-electron chi connectivity index (χ0n) is 14.9. The minimum Gasteiger partial charge on any atom is -0.382 e. The number of hydrogen-bond acceptors (Lipinski definition) is 3. The molecule has 1 saturated heterocycles. The summed E-state index contributed by atoms with van der Waals surface area (Å²) in [6.07, 6.45) is 3.13. The first kappa shape index (κ1) is 17.9. The quantitative estimate of drug-likeness (QED) is 0.824. The van der Waals surface area contributed by atoms with Crippen LogP contribution in [0.3, 0.4) is 0 Å². The SMILES string of the molecule is COCC1(Nc2ccc(F)cc2)CCN(CCc2ccccc2)CC1. The highest BCUT2D eigenvalue weighted by Crippen LogP contribution is 2.28. The van der Waals surface area contributed by atoms with Gasteiger partial charge in [-0.15, -0.1) is 0 Å². The van der Waals surface area contributed by atoms with E-state index in [4.69, 9.17) is 4.74 Å². The number of halogens is 1. The molecule has 3 nitrogen and oxygen atoms in total. The van der Waals surface area contributed by atoms with Gasteiger partial charge < -0.3 is 15.0 Å². The maximum atomic E-state index is 13.1. The molecule has 134 valence electrons. The van der Waals surface area contributed by atoms with Gasteiger partial charge >= 0.3 is 0 Å². The van der Waals surface area contributed by atoms with E-state index in [1.54, 1.807) is 19.2 Å². The smallest absolute Gasteiger partial charge is 0.123 e. The molecule has 1 N–H and O–H groups in total. The van der Waals surface area contributed by atoms with Crippen LogP contribution in [0.25, 0.3) is 0 Å². The zero-order chi connectivity index (χ0) is 17.5. The van der Waals surface area contributed by atoms with Gasteiger partial charge in [0.15, 0.2) is 0 Å². The number of rotatable bonds is 7. The second-order valence-electron chi connectivity index (χ2n) is 6.92. The van der Waals surface area contributed by atoms with Crippen LogP contribution in [0, 0.1) is 5.82 Å². The summed E-state index contributed by atoms with van der Waals surface area (Å²) in [5.74, 6) is -0.206. The van der Waals surface area contributed by atoms with Crippen molar-refractivity contribution in [3.63, 3.8) is 0 Å². The van der Waals surface area contributed by atoms with Crippen LogP contribution in [0.1, 0.15) is 18.4 Å². The van der Waals surface area contributed by atoms with Gasteiger partial charge in [-0.3, -0.25) is 0 Å². The largest absolute Gasteiger partial charge is 0.382 e. The Labute approximate surface area is 149 Å². The molecule has 0 aromatic heterocycles. The van der Waals surface area contributed by atoms with Crippen LogP contribution in [0.4, 0.5) is 10.1 Å². The molecule has 1 aliphatic heterocycles. The number of nitrogens with one attached hydrogen (secondary N) is 1. The minimum absolute atomic E-state index is 0.0736. The Morgan fingerprint density at radius 2 is 1.72 bits per heavy atom. The van der Waals surface area contributed by atoms with Crippen molar-refractivity contribution in [2.45, 2.75) is 24.8 Å². The fourth-order valence-electron chi connectivity index (χ4n) is 3.56. The van der Waals surface area contributed by atoms with Crippen LogP contribution in [-0.4, -0.2) is 43.8 Å². The van der Waals surface area contributed by atoms with Crippen LogP contribution in [0.15, 0.2) is 54.6 Å². The molecule has 0 aliphatic carbocycles. The van der Waals surface area contributed by atoms with Crippen molar-refractivity contribution in [3.8, 4) is 0 Å². The lowest BCUT2D eigenvalue weighted by Crippen LogP contribution is -2.52. The normalized spacial score (nSPS) is 17.4. The maximum Gasteiger partial charge on any atom is 0.123 e. The Morgan fingerprint density at radius 1 is 1.04 bits per heavy atom. The maximum absolute atomic E-state index is 13.1. The van der Waals surface area contributed by atoms with Crippen LogP contribution < -0.4 is 5.32 Å². The van der Waals surface area contributed by atoms with Crippen LogP contribution >= 0.6 is 0 Å². The summed E-state index contributed by atoms with van der Waals surface area (Å²) >= 11 is 0. The molecule has 0 bridgehead atoms. The number of piperidine rings is 1. The molecule has 2 aromatic rings. The highest BCUT2D eigenvalue weighted by molar-refractivity contribution is 5.45. The summed E-state index contributed by atoms with van der Waals surface area (Å²) in [5, 5.41) is 3.60. The number of hydrogen-bond donors (Lipinski definition) is 1. The molecule has 0 atom stereocenters. The van der Waals surface area contributed by atoms with Gasteiger partial charge in [0.1, 0.15) is 5.82 Å². The van der Waals surface area contributed by atoms with Crippen molar-refractivity contribution in [2.24, 2.45) is 0 Å². The summed E-state index contributed by atoms with van der Waals surface area (Å²) in [5.41, 5.74) is 2.27. The summed E-state index contributed by atoms with van der Waals surface area (Å²) in [6, 6.07) is 17.2. The Hall–Kier alpha value is -1.91.